The SMILES string of the molecule is Nc1nc2c(Br)cc(Cc3ccc(C(=O)O)cc3)cc2s1. The standard InChI is InChI=1S/C15H11BrN2O2S/c16-11-6-9(7-12-13(11)18-15(17)21-12)5-8-1-3-10(4-2-8)14(19)20/h1-4,6-7H,5H2,(H2,17,18)(H,19,20). The Morgan fingerprint density at radius 2 is 1.95 bits per heavy atom. The number of nitrogens with two attached hydrogens (primary N) is 1. The van der Waals surface area contributed by atoms with Gasteiger partial charge in [0.25, 0.3) is 0 Å². The Kier molecular flexibility index (Phi) is 3.65. The molecule has 4 nitrogen and oxygen atoms in total. The van der Waals surface area contributed by atoms with Gasteiger partial charge in [-0.05, 0) is 57.7 Å². The highest BCUT2D eigenvalue weighted by Gasteiger charge is 2.08. The number of aromatic nitrogens is 1. The van der Waals surface area contributed by atoms with E-state index in [1.165, 1.54) is 11.3 Å². The fourth-order valence-electron chi connectivity index (χ4n) is 2.16. The van der Waals surface area contributed by atoms with Gasteiger partial charge in [-0.25, -0.2) is 9.78 Å². The summed E-state index contributed by atoms with van der Waals surface area (Å²) in [6.07, 6.45) is 0.728. The second-order valence-electron chi connectivity index (χ2n) is 4.66. The fourth-order valence-corrected chi connectivity index (χ4v) is 3.71. The molecule has 3 N–H and O–H groups in total. The maximum absolute atomic E-state index is 10.8. The van der Waals surface area contributed by atoms with E-state index in [0.29, 0.717) is 10.7 Å². The monoisotopic (exact) mass is 362 g/mol. The van der Waals surface area contributed by atoms with Crippen molar-refractivity contribution in [2.75, 3.05) is 5.73 Å². The average molecular weight is 363 g/mol. The molecule has 0 saturated carbocycles. The minimum absolute atomic E-state index is 0.297. The highest BCUT2D eigenvalue weighted by atomic mass is 79.9. The molecule has 0 aliphatic rings. The second-order valence-corrected chi connectivity index (χ2v) is 6.57. The number of aromatic carboxylic acids is 1. The van der Waals surface area contributed by atoms with E-state index >= 15 is 0 Å². The number of nitrogen functional groups attached to an aromatic ring is 1. The minimum atomic E-state index is -0.911. The van der Waals surface area contributed by atoms with Crippen LogP contribution in [0.5, 0.6) is 0 Å². The minimum Gasteiger partial charge on any atom is -0.478 e. The van der Waals surface area contributed by atoms with Crippen LogP contribution in [0.1, 0.15) is 21.5 Å². The van der Waals surface area contributed by atoms with E-state index in [-0.39, 0.29) is 0 Å². The molecule has 0 bridgehead atoms. The second kappa shape index (κ2) is 5.46. The van der Waals surface area contributed by atoms with Crippen LogP contribution in [0, 0.1) is 0 Å². The Morgan fingerprint density at radius 1 is 1.24 bits per heavy atom. The van der Waals surface area contributed by atoms with Crippen LogP contribution in [0.4, 0.5) is 5.13 Å². The summed E-state index contributed by atoms with van der Waals surface area (Å²) in [5.74, 6) is -0.911. The number of carboxylic acid groups (broad SMARTS) is 1. The van der Waals surface area contributed by atoms with Crippen LogP contribution in [-0.4, -0.2) is 16.1 Å². The number of fused-ring (bicyclic) bond motifs is 1. The van der Waals surface area contributed by atoms with Gasteiger partial charge in [0.2, 0.25) is 0 Å². The summed E-state index contributed by atoms with van der Waals surface area (Å²) >= 11 is 4.97. The fraction of sp³-hybridized carbons (Fsp3) is 0.0667. The molecule has 0 saturated heterocycles. The zero-order valence-electron chi connectivity index (χ0n) is 10.8. The van der Waals surface area contributed by atoms with Gasteiger partial charge in [-0.1, -0.05) is 23.5 Å². The molecule has 1 heterocycles. The third-order valence-electron chi connectivity index (χ3n) is 3.13. The van der Waals surface area contributed by atoms with Crippen molar-refractivity contribution in [3.8, 4) is 0 Å². The Bertz CT molecular complexity index is 828. The van der Waals surface area contributed by atoms with Gasteiger partial charge in [0.1, 0.15) is 0 Å². The van der Waals surface area contributed by atoms with Gasteiger partial charge in [0.15, 0.2) is 5.13 Å². The lowest BCUT2D eigenvalue weighted by atomic mass is 10.0. The molecular formula is C15H11BrN2O2S. The third kappa shape index (κ3) is 2.91. The number of nitrogens with zero attached hydrogens (tertiary/aromatic N) is 1. The van der Waals surface area contributed by atoms with Crippen LogP contribution < -0.4 is 5.73 Å². The van der Waals surface area contributed by atoms with E-state index < -0.39 is 5.97 Å². The molecule has 1 aromatic heterocycles. The Labute approximate surface area is 133 Å². The molecule has 21 heavy (non-hydrogen) atoms. The zero-order valence-corrected chi connectivity index (χ0v) is 13.2. The van der Waals surface area contributed by atoms with Crippen molar-refractivity contribution in [3.05, 3.63) is 57.6 Å². The van der Waals surface area contributed by atoms with Crippen LogP contribution >= 0.6 is 27.3 Å². The number of benzene rings is 2. The summed E-state index contributed by atoms with van der Waals surface area (Å²) in [6.45, 7) is 0. The van der Waals surface area contributed by atoms with E-state index in [1.54, 1.807) is 12.1 Å². The van der Waals surface area contributed by atoms with Gasteiger partial charge >= 0.3 is 5.97 Å². The van der Waals surface area contributed by atoms with Crippen molar-refractivity contribution >= 4 is 48.6 Å². The lowest BCUT2D eigenvalue weighted by molar-refractivity contribution is 0.0697. The van der Waals surface area contributed by atoms with Gasteiger partial charge in [0, 0.05) is 4.47 Å². The molecule has 0 amide bonds. The van der Waals surface area contributed by atoms with Crippen molar-refractivity contribution in [3.63, 3.8) is 0 Å². The Balaban J connectivity index is 1.92. The molecule has 0 fully saturated rings. The molecule has 0 spiro atoms. The number of thiazole rings is 1. The van der Waals surface area contributed by atoms with Crippen molar-refractivity contribution in [2.45, 2.75) is 6.42 Å². The Hall–Kier alpha value is -1.92. The van der Waals surface area contributed by atoms with E-state index in [2.05, 4.69) is 27.0 Å². The van der Waals surface area contributed by atoms with Crippen LogP contribution in [0.3, 0.4) is 0 Å². The summed E-state index contributed by atoms with van der Waals surface area (Å²) in [5.41, 5.74) is 9.10. The molecule has 0 atom stereocenters. The smallest absolute Gasteiger partial charge is 0.335 e. The normalized spacial score (nSPS) is 10.9. The first-order valence-corrected chi connectivity index (χ1v) is 7.80. The number of anilines is 1. The molecule has 0 unspecified atom stereocenters. The maximum Gasteiger partial charge on any atom is 0.335 e. The molecular weight excluding hydrogens is 352 g/mol. The number of halogens is 1. The molecule has 106 valence electrons. The van der Waals surface area contributed by atoms with Gasteiger partial charge in [0.05, 0.1) is 15.8 Å². The largest absolute Gasteiger partial charge is 0.478 e. The first-order valence-electron chi connectivity index (χ1n) is 6.19. The molecule has 2 aromatic carbocycles. The van der Waals surface area contributed by atoms with Crippen LogP contribution in [0.2, 0.25) is 0 Å². The Morgan fingerprint density at radius 3 is 2.62 bits per heavy atom. The molecule has 3 aromatic rings. The van der Waals surface area contributed by atoms with Crippen molar-refractivity contribution < 1.29 is 9.90 Å². The predicted octanol–water partition coefficient (Wildman–Crippen LogP) is 3.93. The lowest BCUT2D eigenvalue weighted by Crippen LogP contribution is -1.96. The molecule has 0 radical (unpaired) electrons. The summed E-state index contributed by atoms with van der Waals surface area (Å²) in [6, 6.07) is 11.0. The summed E-state index contributed by atoms with van der Waals surface area (Å²) < 4.78 is 1.96. The van der Waals surface area contributed by atoms with Crippen LogP contribution in [-0.2, 0) is 6.42 Å². The molecule has 0 aliphatic carbocycles. The number of carboxylic acids is 1. The average Bonchev–Trinajstić information content (AvgIpc) is 2.80. The maximum atomic E-state index is 10.8. The first kappa shape index (κ1) is 14.0. The molecule has 6 heteroatoms. The number of rotatable bonds is 3. The van der Waals surface area contributed by atoms with E-state index in [9.17, 15) is 4.79 Å². The quantitative estimate of drug-likeness (QED) is 0.739. The van der Waals surface area contributed by atoms with E-state index in [4.69, 9.17) is 10.8 Å². The van der Waals surface area contributed by atoms with Gasteiger partial charge in [-0.3, -0.25) is 0 Å². The first-order chi connectivity index (χ1) is 10.0. The topological polar surface area (TPSA) is 76.2 Å². The van der Waals surface area contributed by atoms with Crippen molar-refractivity contribution in [2.24, 2.45) is 0 Å². The predicted molar refractivity (Wildman–Crippen MR) is 87.9 cm³/mol. The van der Waals surface area contributed by atoms with E-state index in [0.717, 1.165) is 32.2 Å². The van der Waals surface area contributed by atoms with Crippen LogP contribution in [0.25, 0.3) is 10.2 Å². The van der Waals surface area contributed by atoms with Crippen molar-refractivity contribution in [1.29, 1.82) is 0 Å². The lowest BCUT2D eigenvalue weighted by Gasteiger charge is -2.04. The zero-order chi connectivity index (χ0) is 15.0. The third-order valence-corrected chi connectivity index (χ3v) is 4.57. The number of hydrogen-bond donors (Lipinski definition) is 2. The van der Waals surface area contributed by atoms with Gasteiger partial charge < -0.3 is 10.8 Å². The summed E-state index contributed by atoms with van der Waals surface area (Å²) in [7, 11) is 0. The molecule has 0 aliphatic heterocycles. The summed E-state index contributed by atoms with van der Waals surface area (Å²) in [5, 5.41) is 9.45. The molecule has 3 rings (SSSR count). The van der Waals surface area contributed by atoms with Crippen LogP contribution in [0.15, 0.2) is 40.9 Å². The number of hydrogen-bond acceptors (Lipinski definition) is 4. The summed E-state index contributed by atoms with van der Waals surface area (Å²) in [4.78, 5) is 15.1. The number of carbonyl (C=O) groups is 1. The van der Waals surface area contributed by atoms with Gasteiger partial charge in [-0.2, -0.15) is 0 Å². The highest BCUT2D eigenvalue weighted by Crippen LogP contribution is 2.31. The van der Waals surface area contributed by atoms with E-state index in [1.807, 2.05) is 18.2 Å². The highest BCUT2D eigenvalue weighted by molar-refractivity contribution is 9.10. The van der Waals surface area contributed by atoms with Crippen molar-refractivity contribution in [1.82, 2.24) is 4.98 Å². The van der Waals surface area contributed by atoms with Gasteiger partial charge in [-0.15, -0.1) is 0 Å².